The second-order valence-corrected chi connectivity index (χ2v) is 13.1. The van der Waals surface area contributed by atoms with E-state index in [4.69, 9.17) is 21.1 Å². The lowest BCUT2D eigenvalue weighted by atomic mass is 9.99. The van der Waals surface area contributed by atoms with E-state index in [2.05, 4.69) is 27.0 Å². The average Bonchev–Trinajstić information content (AvgIpc) is 3.38. The summed E-state index contributed by atoms with van der Waals surface area (Å²) >= 11 is 6.16. The summed E-state index contributed by atoms with van der Waals surface area (Å²) in [6, 6.07) is 8.88. The van der Waals surface area contributed by atoms with Gasteiger partial charge in [-0.3, -0.25) is 9.52 Å². The molecule has 1 saturated heterocycles. The van der Waals surface area contributed by atoms with E-state index in [0.717, 1.165) is 44.1 Å². The van der Waals surface area contributed by atoms with Crippen LogP contribution in [0.25, 0.3) is 21.9 Å². The third-order valence-electron chi connectivity index (χ3n) is 7.89. The molecule has 4 aromatic rings. The van der Waals surface area contributed by atoms with E-state index in [9.17, 15) is 13.2 Å². The molecular formula is C31H28ClF3N4O5S. The Morgan fingerprint density at radius 2 is 1.84 bits per heavy atom. The van der Waals surface area contributed by atoms with Gasteiger partial charge in [0.2, 0.25) is 0 Å². The number of halogens is 4. The smallest absolute Gasteiger partial charge is 0.303 e. The summed E-state index contributed by atoms with van der Waals surface area (Å²) in [7, 11) is -2.53. The van der Waals surface area contributed by atoms with E-state index in [0.29, 0.717) is 11.2 Å². The molecule has 3 heterocycles. The minimum absolute atomic E-state index is 0.00593. The van der Waals surface area contributed by atoms with Gasteiger partial charge in [0.1, 0.15) is 34.7 Å². The van der Waals surface area contributed by atoms with E-state index in [-0.39, 0.29) is 34.4 Å². The summed E-state index contributed by atoms with van der Waals surface area (Å²) in [4.78, 5) is 17.6. The number of likely N-dealkylation sites (tertiary alicyclic amines) is 1. The fraction of sp³-hybridized carbons (Fsp3) is 0.290. The number of sulfonamides is 1. The maximum atomic E-state index is 15.9. The molecule has 2 aliphatic heterocycles. The van der Waals surface area contributed by atoms with Crippen LogP contribution in [0.4, 0.5) is 24.7 Å². The molecule has 1 aromatic heterocycles. The Hall–Kier alpha value is -4.07. The molecule has 0 radical (unpaired) electrons. The Balaban J connectivity index is 1.31. The summed E-state index contributed by atoms with van der Waals surface area (Å²) in [6.07, 6.45) is 2.27. The molecule has 14 heteroatoms. The lowest BCUT2D eigenvalue weighted by Crippen LogP contribution is -2.36. The largest absolute Gasteiger partial charge is 0.487 e. The number of hydrogen-bond acceptors (Lipinski definition) is 8. The number of piperidine rings is 1. The van der Waals surface area contributed by atoms with Crippen molar-refractivity contribution in [1.29, 1.82) is 0 Å². The SMILES string of the molecule is CC(=O)O[C@@H]1COc2c1cc(Cl)cc2S(=O)(=O)Nc1ccc(F)c(-c2ccc3cc(NC4CCN(C)CC4)ncc3c2F)c1F. The Kier molecular flexibility index (Phi) is 8.27. The van der Waals surface area contributed by atoms with Gasteiger partial charge >= 0.3 is 5.97 Å². The molecule has 2 aliphatic rings. The van der Waals surface area contributed by atoms with Crippen molar-refractivity contribution in [2.45, 2.75) is 36.8 Å². The predicted molar refractivity (Wildman–Crippen MR) is 163 cm³/mol. The molecule has 0 amide bonds. The molecule has 3 aromatic carbocycles. The summed E-state index contributed by atoms with van der Waals surface area (Å²) in [6.45, 7) is 2.93. The van der Waals surface area contributed by atoms with Gasteiger partial charge in [-0.05, 0) is 68.7 Å². The molecule has 9 nitrogen and oxygen atoms in total. The van der Waals surface area contributed by atoms with Crippen LogP contribution < -0.4 is 14.8 Å². The van der Waals surface area contributed by atoms with Gasteiger partial charge in [0, 0.05) is 40.7 Å². The van der Waals surface area contributed by atoms with Crippen LogP contribution in [0.2, 0.25) is 5.02 Å². The zero-order valence-corrected chi connectivity index (χ0v) is 25.7. The molecule has 0 spiro atoms. The fourth-order valence-corrected chi connectivity index (χ4v) is 7.18. The minimum atomic E-state index is -4.59. The zero-order chi connectivity index (χ0) is 32.0. The second-order valence-electron chi connectivity index (χ2n) is 11.1. The Bertz CT molecular complexity index is 1940. The van der Waals surface area contributed by atoms with Crippen LogP contribution in [-0.2, 0) is 19.6 Å². The number of carbonyl (C=O) groups excluding carboxylic acids is 1. The van der Waals surface area contributed by atoms with Gasteiger partial charge in [0.25, 0.3) is 10.0 Å². The van der Waals surface area contributed by atoms with Gasteiger partial charge in [0.05, 0.1) is 11.3 Å². The maximum Gasteiger partial charge on any atom is 0.303 e. The highest BCUT2D eigenvalue weighted by Crippen LogP contribution is 2.43. The lowest BCUT2D eigenvalue weighted by Gasteiger charge is -2.29. The number of fused-ring (bicyclic) bond motifs is 2. The van der Waals surface area contributed by atoms with Crippen LogP contribution in [0.1, 0.15) is 31.4 Å². The number of rotatable bonds is 7. The van der Waals surface area contributed by atoms with Crippen LogP contribution >= 0.6 is 11.6 Å². The van der Waals surface area contributed by atoms with Gasteiger partial charge in [-0.1, -0.05) is 23.7 Å². The highest BCUT2D eigenvalue weighted by Gasteiger charge is 2.34. The van der Waals surface area contributed by atoms with Crippen molar-refractivity contribution in [1.82, 2.24) is 9.88 Å². The quantitative estimate of drug-likeness (QED) is 0.223. The first-order valence-electron chi connectivity index (χ1n) is 14.1. The number of ether oxygens (including phenoxy) is 2. The molecule has 0 unspecified atom stereocenters. The monoisotopic (exact) mass is 660 g/mol. The van der Waals surface area contributed by atoms with E-state index in [1.54, 1.807) is 6.07 Å². The fourth-order valence-electron chi connectivity index (χ4n) is 5.62. The summed E-state index contributed by atoms with van der Waals surface area (Å²) in [5.41, 5.74) is -1.59. The van der Waals surface area contributed by atoms with Gasteiger partial charge < -0.3 is 19.7 Å². The van der Waals surface area contributed by atoms with Crippen molar-refractivity contribution in [3.8, 4) is 16.9 Å². The van der Waals surface area contributed by atoms with Crippen molar-refractivity contribution in [2.24, 2.45) is 0 Å². The summed E-state index contributed by atoms with van der Waals surface area (Å²) in [5.74, 6) is -3.52. The molecule has 0 aliphatic carbocycles. The number of benzene rings is 3. The topological polar surface area (TPSA) is 110 Å². The Morgan fingerprint density at radius 3 is 2.58 bits per heavy atom. The van der Waals surface area contributed by atoms with Crippen molar-refractivity contribution in [3.05, 3.63) is 76.7 Å². The summed E-state index contributed by atoms with van der Waals surface area (Å²) < 4.78 is 86.5. The van der Waals surface area contributed by atoms with Crippen LogP contribution in [0.15, 0.2) is 53.6 Å². The molecule has 236 valence electrons. The zero-order valence-electron chi connectivity index (χ0n) is 24.2. The van der Waals surface area contributed by atoms with Gasteiger partial charge in [-0.2, -0.15) is 0 Å². The third-order valence-corrected chi connectivity index (χ3v) is 9.47. The van der Waals surface area contributed by atoms with Crippen LogP contribution in [0.3, 0.4) is 0 Å². The lowest BCUT2D eigenvalue weighted by molar-refractivity contribution is -0.147. The van der Waals surface area contributed by atoms with Gasteiger partial charge in [0.15, 0.2) is 11.9 Å². The molecule has 2 N–H and O–H groups in total. The van der Waals surface area contributed by atoms with E-state index in [1.165, 1.54) is 31.3 Å². The van der Waals surface area contributed by atoms with Gasteiger partial charge in [-0.25, -0.2) is 26.6 Å². The Morgan fingerprint density at radius 1 is 1.09 bits per heavy atom. The number of nitrogens with one attached hydrogen (secondary N) is 2. The minimum Gasteiger partial charge on any atom is -0.487 e. The first-order chi connectivity index (χ1) is 21.4. The number of anilines is 2. The number of hydrogen-bond donors (Lipinski definition) is 2. The van der Waals surface area contributed by atoms with Crippen molar-refractivity contribution in [2.75, 3.05) is 36.8 Å². The first kappa shape index (κ1) is 30.9. The van der Waals surface area contributed by atoms with Crippen LogP contribution in [-0.4, -0.2) is 57.1 Å². The number of pyridine rings is 1. The maximum absolute atomic E-state index is 15.9. The highest BCUT2D eigenvalue weighted by atomic mass is 35.5. The van der Waals surface area contributed by atoms with E-state index >= 15 is 13.2 Å². The average molecular weight is 661 g/mol. The van der Waals surface area contributed by atoms with E-state index in [1.807, 2.05) is 0 Å². The predicted octanol–water partition coefficient (Wildman–Crippen LogP) is 6.28. The number of esters is 1. The number of aromatic nitrogens is 1. The molecule has 1 fully saturated rings. The van der Waals surface area contributed by atoms with Crippen molar-refractivity contribution < 1.29 is 35.9 Å². The summed E-state index contributed by atoms with van der Waals surface area (Å²) in [5, 5.41) is 3.87. The molecule has 0 bridgehead atoms. The molecule has 6 rings (SSSR count). The highest BCUT2D eigenvalue weighted by molar-refractivity contribution is 7.92. The number of carbonyl (C=O) groups is 1. The first-order valence-corrected chi connectivity index (χ1v) is 16.0. The molecule has 45 heavy (non-hydrogen) atoms. The van der Waals surface area contributed by atoms with Crippen LogP contribution in [0, 0.1) is 17.5 Å². The molecular weight excluding hydrogens is 633 g/mol. The van der Waals surface area contributed by atoms with Gasteiger partial charge in [-0.15, -0.1) is 0 Å². The van der Waals surface area contributed by atoms with Crippen molar-refractivity contribution in [3.63, 3.8) is 0 Å². The normalized spacial score (nSPS) is 17.2. The van der Waals surface area contributed by atoms with Crippen molar-refractivity contribution >= 4 is 49.9 Å². The third kappa shape index (κ3) is 6.11. The number of nitrogens with zero attached hydrogens (tertiary/aromatic N) is 2. The standard InChI is InChI=1S/C31H28ClF3N4O5S/c1-16(40)44-25-15-43-31-21(25)12-18(32)13-26(31)45(41,42)38-24-6-5-23(33)28(30(24)35)20-4-3-17-11-27(36-14-22(17)29(20)34)37-19-7-9-39(2)10-8-19/h3-6,11-14,19,25,38H,7-10,15H2,1-2H3,(H,36,37)/t25-/m1/s1. The Labute approximate surface area is 262 Å². The second kappa shape index (κ2) is 12.0. The van der Waals surface area contributed by atoms with Crippen LogP contribution in [0.5, 0.6) is 5.75 Å². The molecule has 0 saturated carbocycles. The van der Waals surface area contributed by atoms with E-state index < -0.39 is 61.3 Å². The molecule has 1 atom stereocenters.